The van der Waals surface area contributed by atoms with Crippen LogP contribution >= 0.6 is 11.6 Å². The van der Waals surface area contributed by atoms with Crippen LogP contribution in [0.2, 0.25) is 5.02 Å². The van der Waals surface area contributed by atoms with E-state index in [9.17, 15) is 19.7 Å². The maximum atomic E-state index is 12.2. The molecule has 0 aliphatic heterocycles. The van der Waals surface area contributed by atoms with Crippen LogP contribution in [0.3, 0.4) is 0 Å². The van der Waals surface area contributed by atoms with Crippen LogP contribution in [0.5, 0.6) is 5.75 Å². The number of benzene rings is 2. The van der Waals surface area contributed by atoms with Crippen molar-refractivity contribution in [3.8, 4) is 5.75 Å². The van der Waals surface area contributed by atoms with Crippen molar-refractivity contribution >= 4 is 29.2 Å². The zero-order valence-electron chi connectivity index (χ0n) is 14.6. The molecule has 9 heteroatoms. The van der Waals surface area contributed by atoms with Gasteiger partial charge in [0.05, 0.1) is 12.0 Å². The van der Waals surface area contributed by atoms with Gasteiger partial charge in [-0.15, -0.1) is 0 Å². The average molecular weight is 393 g/mol. The number of methoxy groups -OCH3 is 1. The molecule has 0 fully saturated rings. The topological polar surface area (TPSA) is 108 Å². The summed E-state index contributed by atoms with van der Waals surface area (Å²) in [5, 5.41) is 13.7. The summed E-state index contributed by atoms with van der Waals surface area (Å²) in [6.45, 7) is 1.37. The van der Waals surface area contributed by atoms with E-state index in [1.165, 1.54) is 32.2 Å². The smallest absolute Gasteiger partial charge is 0.328 e. The van der Waals surface area contributed by atoms with Crippen molar-refractivity contribution in [3.05, 3.63) is 68.7 Å². The van der Waals surface area contributed by atoms with Crippen molar-refractivity contribution in [2.24, 2.45) is 0 Å². The van der Waals surface area contributed by atoms with E-state index < -0.39 is 22.8 Å². The first-order valence-electron chi connectivity index (χ1n) is 7.86. The molecule has 0 unspecified atom stereocenters. The molecule has 142 valence electrons. The highest BCUT2D eigenvalue weighted by Crippen LogP contribution is 2.23. The van der Waals surface area contributed by atoms with Gasteiger partial charge < -0.3 is 14.8 Å². The summed E-state index contributed by atoms with van der Waals surface area (Å²) >= 11 is 5.92. The number of rotatable bonds is 7. The lowest BCUT2D eigenvalue weighted by Crippen LogP contribution is -2.39. The molecule has 1 N–H and O–H groups in total. The highest BCUT2D eigenvalue weighted by molar-refractivity contribution is 6.30. The van der Waals surface area contributed by atoms with Crippen LogP contribution in [-0.4, -0.2) is 30.0 Å². The molecule has 2 aromatic rings. The lowest BCUT2D eigenvalue weighted by atomic mass is 10.2. The Morgan fingerprint density at radius 3 is 2.67 bits per heavy atom. The van der Waals surface area contributed by atoms with Gasteiger partial charge in [0.2, 0.25) is 0 Å². The van der Waals surface area contributed by atoms with E-state index in [-0.39, 0.29) is 17.9 Å². The normalized spacial score (nSPS) is 11.4. The molecular weight excluding hydrogens is 376 g/mol. The fraction of sp³-hybridized carbons (Fsp3) is 0.222. The lowest BCUT2D eigenvalue weighted by molar-refractivity contribution is -0.384. The van der Waals surface area contributed by atoms with E-state index in [0.717, 1.165) is 6.07 Å². The molecule has 0 bridgehead atoms. The minimum absolute atomic E-state index is 0.0698. The molecule has 1 atom stereocenters. The number of hydrogen-bond acceptors (Lipinski definition) is 6. The van der Waals surface area contributed by atoms with Crippen molar-refractivity contribution in [2.75, 3.05) is 7.11 Å². The number of esters is 1. The van der Waals surface area contributed by atoms with Crippen LogP contribution < -0.4 is 10.1 Å². The Morgan fingerprint density at radius 2 is 2.00 bits per heavy atom. The maximum absolute atomic E-state index is 12.2. The predicted molar refractivity (Wildman–Crippen MR) is 97.8 cm³/mol. The predicted octanol–water partition coefficient (Wildman–Crippen LogP) is 3.12. The Labute approximate surface area is 160 Å². The summed E-state index contributed by atoms with van der Waals surface area (Å²) in [7, 11) is 1.48. The van der Waals surface area contributed by atoms with Crippen molar-refractivity contribution < 1.29 is 24.0 Å². The monoisotopic (exact) mass is 392 g/mol. The molecule has 0 heterocycles. The number of nitrogens with one attached hydrogen (secondary N) is 1. The number of amides is 1. The summed E-state index contributed by atoms with van der Waals surface area (Å²) in [6.07, 6.45) is 0. The molecule has 0 spiro atoms. The number of nitro benzene ring substituents is 1. The molecule has 0 aromatic heterocycles. The van der Waals surface area contributed by atoms with Crippen LogP contribution in [0.4, 0.5) is 5.69 Å². The van der Waals surface area contributed by atoms with E-state index in [1.807, 2.05) is 0 Å². The highest BCUT2D eigenvalue weighted by atomic mass is 35.5. The number of hydrogen-bond donors (Lipinski definition) is 1. The van der Waals surface area contributed by atoms with E-state index in [1.54, 1.807) is 18.2 Å². The average Bonchev–Trinajstić information content (AvgIpc) is 2.66. The molecule has 0 radical (unpaired) electrons. The van der Waals surface area contributed by atoms with Gasteiger partial charge in [-0.3, -0.25) is 14.9 Å². The molecule has 27 heavy (non-hydrogen) atoms. The van der Waals surface area contributed by atoms with Crippen molar-refractivity contribution in [2.45, 2.75) is 19.6 Å². The third-order valence-electron chi connectivity index (χ3n) is 3.63. The van der Waals surface area contributed by atoms with Crippen LogP contribution in [0.15, 0.2) is 42.5 Å². The van der Waals surface area contributed by atoms with Gasteiger partial charge in [-0.1, -0.05) is 17.7 Å². The second-order valence-corrected chi connectivity index (χ2v) is 6.00. The summed E-state index contributed by atoms with van der Waals surface area (Å²) in [4.78, 5) is 34.5. The highest BCUT2D eigenvalue weighted by Gasteiger charge is 2.20. The van der Waals surface area contributed by atoms with E-state index >= 15 is 0 Å². The SMILES string of the molecule is COc1ccc(Cl)cc1COC(=O)[C@H](C)NC(=O)c1cccc([N+](=O)[O-])c1. The maximum Gasteiger partial charge on any atom is 0.328 e. The Kier molecular flexibility index (Phi) is 6.73. The van der Waals surface area contributed by atoms with Crippen molar-refractivity contribution in [3.63, 3.8) is 0 Å². The van der Waals surface area contributed by atoms with E-state index in [4.69, 9.17) is 21.1 Å². The molecule has 0 aliphatic carbocycles. The Hall–Kier alpha value is -3.13. The van der Waals surface area contributed by atoms with E-state index in [2.05, 4.69) is 5.32 Å². The van der Waals surface area contributed by atoms with Crippen LogP contribution in [0.25, 0.3) is 0 Å². The number of nitro groups is 1. The Bertz CT molecular complexity index is 871. The van der Waals surface area contributed by atoms with Crippen LogP contribution in [0.1, 0.15) is 22.8 Å². The third kappa shape index (κ3) is 5.42. The minimum atomic E-state index is -0.957. The van der Waals surface area contributed by atoms with Crippen molar-refractivity contribution in [1.29, 1.82) is 0 Å². The zero-order valence-corrected chi connectivity index (χ0v) is 15.4. The quantitative estimate of drug-likeness (QED) is 0.440. The van der Waals surface area contributed by atoms with Gasteiger partial charge in [-0.25, -0.2) is 4.79 Å². The molecule has 0 aliphatic rings. The molecular formula is C18H17ClN2O6. The third-order valence-corrected chi connectivity index (χ3v) is 3.87. The summed E-state index contributed by atoms with van der Waals surface area (Å²) in [5.41, 5.74) is 0.432. The molecule has 1 amide bonds. The summed E-state index contributed by atoms with van der Waals surface area (Å²) in [5.74, 6) is -0.778. The van der Waals surface area contributed by atoms with Crippen LogP contribution in [0, 0.1) is 10.1 Å². The number of halogens is 1. The fourth-order valence-corrected chi connectivity index (χ4v) is 2.43. The van der Waals surface area contributed by atoms with Gasteiger partial charge in [0, 0.05) is 28.3 Å². The standard InChI is InChI=1S/C18H17ClN2O6/c1-11(20-17(22)12-4-3-5-15(9-12)21(24)25)18(23)27-10-13-8-14(19)6-7-16(13)26-2/h3-9,11H,10H2,1-2H3,(H,20,22)/t11-/m0/s1. The number of carbonyl (C=O) groups is 2. The molecule has 0 saturated carbocycles. The zero-order chi connectivity index (χ0) is 20.0. The van der Waals surface area contributed by atoms with Crippen LogP contribution in [-0.2, 0) is 16.1 Å². The molecule has 2 aromatic carbocycles. The number of non-ortho nitro benzene ring substituents is 1. The first-order valence-corrected chi connectivity index (χ1v) is 8.24. The Morgan fingerprint density at radius 1 is 1.26 bits per heavy atom. The minimum Gasteiger partial charge on any atom is -0.496 e. The molecule has 2 rings (SSSR count). The first-order chi connectivity index (χ1) is 12.8. The molecule has 8 nitrogen and oxygen atoms in total. The Balaban J connectivity index is 1.97. The van der Waals surface area contributed by atoms with Crippen molar-refractivity contribution in [1.82, 2.24) is 5.32 Å². The van der Waals surface area contributed by atoms with Gasteiger partial charge in [-0.05, 0) is 31.2 Å². The van der Waals surface area contributed by atoms with Gasteiger partial charge >= 0.3 is 5.97 Å². The fourth-order valence-electron chi connectivity index (χ4n) is 2.23. The van der Waals surface area contributed by atoms with Gasteiger partial charge in [0.1, 0.15) is 18.4 Å². The van der Waals surface area contributed by atoms with E-state index in [0.29, 0.717) is 16.3 Å². The largest absolute Gasteiger partial charge is 0.496 e. The molecule has 0 saturated heterocycles. The van der Waals surface area contributed by atoms with Gasteiger partial charge in [-0.2, -0.15) is 0 Å². The van der Waals surface area contributed by atoms with Gasteiger partial charge in [0.25, 0.3) is 11.6 Å². The number of nitrogens with zero attached hydrogens (tertiary/aromatic N) is 1. The van der Waals surface area contributed by atoms with Gasteiger partial charge in [0.15, 0.2) is 0 Å². The second-order valence-electron chi connectivity index (χ2n) is 5.57. The summed E-state index contributed by atoms with van der Waals surface area (Å²) in [6, 6.07) is 9.16. The first kappa shape index (κ1) is 20.2. The number of carbonyl (C=O) groups excluding carboxylic acids is 2. The summed E-state index contributed by atoms with van der Waals surface area (Å²) < 4.78 is 10.4. The second kappa shape index (κ2) is 9.00. The number of ether oxygens (including phenoxy) is 2. The lowest BCUT2D eigenvalue weighted by Gasteiger charge is -2.14.